The van der Waals surface area contributed by atoms with Crippen LogP contribution >= 0.6 is 0 Å². The maximum Gasteiger partial charge on any atom is 0.178 e. The van der Waals surface area contributed by atoms with E-state index in [4.69, 9.17) is 0 Å². The molecule has 1 aliphatic heterocycles. The van der Waals surface area contributed by atoms with Crippen LogP contribution in [-0.2, 0) is 7.05 Å². The van der Waals surface area contributed by atoms with Gasteiger partial charge in [-0.1, -0.05) is 6.92 Å². The second-order valence-electron chi connectivity index (χ2n) is 6.10. The van der Waals surface area contributed by atoms with Crippen molar-refractivity contribution in [2.45, 2.75) is 46.6 Å². The third kappa shape index (κ3) is 2.76. The topological polar surface area (TPSA) is 25.2 Å². The lowest BCUT2D eigenvalue weighted by atomic mass is 9.91. The Kier molecular flexibility index (Phi) is 4.14. The lowest BCUT2D eigenvalue weighted by Gasteiger charge is -2.37. The molecule has 3 nitrogen and oxygen atoms in total. The normalized spacial score (nSPS) is 24.7. The fraction of sp³-hybridized carbons (Fsp3) is 0.688. The lowest BCUT2D eigenvalue weighted by molar-refractivity contribution is 0.0779. The number of nitrogens with zero attached hydrogens (tertiary/aromatic N) is 2. The van der Waals surface area contributed by atoms with E-state index in [1.165, 1.54) is 12.8 Å². The van der Waals surface area contributed by atoms with Gasteiger partial charge in [-0.25, -0.2) is 0 Å². The highest BCUT2D eigenvalue weighted by Gasteiger charge is 2.27. The zero-order valence-corrected chi connectivity index (χ0v) is 12.9. The molecule has 0 radical (unpaired) electrons. The van der Waals surface area contributed by atoms with E-state index in [9.17, 15) is 4.79 Å². The van der Waals surface area contributed by atoms with Crippen molar-refractivity contribution in [1.82, 2.24) is 9.47 Å². The predicted molar refractivity (Wildman–Crippen MR) is 78.7 cm³/mol. The number of rotatable bonds is 3. The van der Waals surface area contributed by atoms with Crippen LogP contribution in [0.4, 0.5) is 0 Å². The lowest BCUT2D eigenvalue weighted by Crippen LogP contribution is -2.44. The number of ketones is 1. The van der Waals surface area contributed by atoms with E-state index in [0.29, 0.717) is 18.5 Å². The molecule has 0 spiro atoms. The van der Waals surface area contributed by atoms with Gasteiger partial charge < -0.3 is 4.57 Å². The minimum atomic E-state index is 0.266. The van der Waals surface area contributed by atoms with Gasteiger partial charge >= 0.3 is 0 Å². The maximum atomic E-state index is 12.5. The van der Waals surface area contributed by atoms with Crippen LogP contribution in [-0.4, -0.2) is 34.4 Å². The van der Waals surface area contributed by atoms with Crippen molar-refractivity contribution in [2.75, 3.05) is 13.1 Å². The first-order valence-electron chi connectivity index (χ1n) is 7.32. The second-order valence-corrected chi connectivity index (χ2v) is 6.10. The molecule has 2 heterocycles. The van der Waals surface area contributed by atoms with Gasteiger partial charge in [-0.3, -0.25) is 9.69 Å². The second kappa shape index (κ2) is 5.49. The molecule has 1 aliphatic rings. The molecule has 2 atom stereocenters. The Balaban J connectivity index is 2.10. The molecule has 1 aromatic heterocycles. The highest BCUT2D eigenvalue weighted by Crippen LogP contribution is 2.23. The van der Waals surface area contributed by atoms with Gasteiger partial charge in [0.15, 0.2) is 5.78 Å². The Labute approximate surface area is 116 Å². The van der Waals surface area contributed by atoms with Crippen LogP contribution < -0.4 is 0 Å². The standard InChI is InChI=1S/C16H26N2O/c1-11-7-6-8-18(13(11)3)10-16(19)15-9-12(2)17(5)14(15)4/h9,11,13H,6-8,10H2,1-5H3. The van der Waals surface area contributed by atoms with Crippen LogP contribution in [0.1, 0.15) is 48.4 Å². The average Bonchev–Trinajstić information content (AvgIpc) is 2.63. The third-order valence-corrected chi connectivity index (χ3v) is 4.93. The van der Waals surface area contributed by atoms with E-state index >= 15 is 0 Å². The highest BCUT2D eigenvalue weighted by molar-refractivity contribution is 5.99. The molecule has 1 aromatic rings. The fourth-order valence-corrected chi connectivity index (χ4v) is 3.05. The molecule has 3 heteroatoms. The van der Waals surface area contributed by atoms with Crippen molar-refractivity contribution in [3.63, 3.8) is 0 Å². The number of aromatic nitrogens is 1. The van der Waals surface area contributed by atoms with Gasteiger partial charge in [-0.2, -0.15) is 0 Å². The summed E-state index contributed by atoms with van der Waals surface area (Å²) in [5.74, 6) is 0.960. The molecular formula is C16H26N2O. The Bertz CT molecular complexity index is 475. The van der Waals surface area contributed by atoms with Crippen LogP contribution in [0.15, 0.2) is 6.07 Å². The number of carbonyl (C=O) groups is 1. The van der Waals surface area contributed by atoms with Crippen LogP contribution in [0.5, 0.6) is 0 Å². The molecule has 0 aliphatic carbocycles. The zero-order chi connectivity index (χ0) is 14.2. The molecule has 106 valence electrons. The molecule has 2 rings (SSSR count). The summed E-state index contributed by atoms with van der Waals surface area (Å²) in [4.78, 5) is 14.8. The summed E-state index contributed by atoms with van der Waals surface area (Å²) < 4.78 is 2.09. The number of hydrogen-bond donors (Lipinski definition) is 0. The first-order chi connectivity index (χ1) is 8.91. The van der Waals surface area contributed by atoms with E-state index in [0.717, 1.165) is 23.5 Å². The van der Waals surface area contributed by atoms with Crippen molar-refractivity contribution in [3.05, 3.63) is 23.0 Å². The number of hydrogen-bond acceptors (Lipinski definition) is 2. The largest absolute Gasteiger partial charge is 0.351 e. The summed E-state index contributed by atoms with van der Waals surface area (Å²) in [6.45, 7) is 10.2. The van der Waals surface area contributed by atoms with Crippen molar-refractivity contribution in [2.24, 2.45) is 13.0 Å². The van der Waals surface area contributed by atoms with E-state index in [-0.39, 0.29) is 5.78 Å². The van der Waals surface area contributed by atoms with Crippen LogP contribution in [0.25, 0.3) is 0 Å². The SMILES string of the molecule is Cc1cc(C(=O)CN2CCCC(C)C2C)c(C)n1C. The van der Waals surface area contributed by atoms with Crippen LogP contribution in [0.2, 0.25) is 0 Å². The summed E-state index contributed by atoms with van der Waals surface area (Å²) in [5.41, 5.74) is 3.13. The van der Waals surface area contributed by atoms with E-state index in [2.05, 4.69) is 30.2 Å². The summed E-state index contributed by atoms with van der Waals surface area (Å²) in [6, 6.07) is 2.54. The minimum absolute atomic E-state index is 0.266. The number of carbonyl (C=O) groups excluding carboxylic acids is 1. The molecule has 0 amide bonds. The van der Waals surface area contributed by atoms with Gasteiger partial charge in [0.2, 0.25) is 0 Å². The molecule has 19 heavy (non-hydrogen) atoms. The number of piperidine rings is 1. The summed E-state index contributed by atoms with van der Waals surface area (Å²) in [7, 11) is 2.02. The molecule has 0 N–H and O–H groups in total. The Hall–Kier alpha value is -1.09. The molecule has 2 unspecified atom stereocenters. The van der Waals surface area contributed by atoms with Crippen molar-refractivity contribution >= 4 is 5.78 Å². The van der Waals surface area contributed by atoms with Gasteiger partial charge in [0, 0.05) is 30.0 Å². The van der Waals surface area contributed by atoms with Crippen molar-refractivity contribution in [3.8, 4) is 0 Å². The molecule has 0 aromatic carbocycles. The smallest absolute Gasteiger partial charge is 0.178 e. The molecular weight excluding hydrogens is 236 g/mol. The number of Topliss-reactive ketones (excluding diaryl/α,β-unsaturated/α-hetero) is 1. The maximum absolute atomic E-state index is 12.5. The highest BCUT2D eigenvalue weighted by atomic mass is 16.1. The Morgan fingerprint density at radius 1 is 1.37 bits per heavy atom. The predicted octanol–water partition coefficient (Wildman–Crippen LogP) is 2.95. The summed E-state index contributed by atoms with van der Waals surface area (Å²) >= 11 is 0. The fourth-order valence-electron chi connectivity index (χ4n) is 3.05. The Morgan fingerprint density at radius 2 is 2.05 bits per heavy atom. The minimum Gasteiger partial charge on any atom is -0.351 e. The zero-order valence-electron chi connectivity index (χ0n) is 12.9. The van der Waals surface area contributed by atoms with Gasteiger partial charge in [-0.15, -0.1) is 0 Å². The molecule has 1 fully saturated rings. The number of aryl methyl sites for hydroxylation is 1. The van der Waals surface area contributed by atoms with Gasteiger partial charge in [0.05, 0.1) is 6.54 Å². The average molecular weight is 262 g/mol. The van der Waals surface area contributed by atoms with Gasteiger partial charge in [0.25, 0.3) is 0 Å². The van der Waals surface area contributed by atoms with Gasteiger partial charge in [0.1, 0.15) is 0 Å². The molecule has 1 saturated heterocycles. The van der Waals surface area contributed by atoms with E-state index in [1.54, 1.807) is 0 Å². The summed E-state index contributed by atoms with van der Waals surface area (Å²) in [5, 5.41) is 0. The molecule has 0 bridgehead atoms. The van der Waals surface area contributed by atoms with Crippen LogP contribution in [0, 0.1) is 19.8 Å². The first-order valence-corrected chi connectivity index (χ1v) is 7.32. The number of likely N-dealkylation sites (tertiary alicyclic amines) is 1. The quantitative estimate of drug-likeness (QED) is 0.783. The third-order valence-electron chi connectivity index (χ3n) is 4.93. The monoisotopic (exact) mass is 262 g/mol. The van der Waals surface area contributed by atoms with Crippen molar-refractivity contribution in [1.29, 1.82) is 0 Å². The van der Waals surface area contributed by atoms with Crippen LogP contribution in [0.3, 0.4) is 0 Å². The van der Waals surface area contributed by atoms with Gasteiger partial charge in [-0.05, 0) is 52.1 Å². The van der Waals surface area contributed by atoms with E-state index < -0.39 is 0 Å². The van der Waals surface area contributed by atoms with E-state index in [1.807, 2.05) is 20.0 Å². The van der Waals surface area contributed by atoms with Crippen molar-refractivity contribution < 1.29 is 4.79 Å². The molecule has 0 saturated carbocycles. The summed E-state index contributed by atoms with van der Waals surface area (Å²) in [6.07, 6.45) is 2.50. The first kappa shape index (κ1) is 14.3. The Morgan fingerprint density at radius 3 is 2.63 bits per heavy atom.